The van der Waals surface area contributed by atoms with E-state index < -0.39 is 0 Å². The standard InChI is InChI=1S/C27H25B5/c1-14-15-8-2-4-10-17(15)21(18-11-5-3-9-16(14)18)19-12-6-7-13-20(19)22-23(28)25(30)27(32)26(31)24(22)29/h2-13H,28-32H2,1H3. The SMILES string of the molecule is Bc1c(B)c(B)c(-c2ccccc2-c2c3ccccc3c(C)c3ccccc23)c(B)c1B. The van der Waals surface area contributed by atoms with Crippen molar-refractivity contribution in [1.29, 1.82) is 0 Å². The van der Waals surface area contributed by atoms with Crippen LogP contribution in [0.1, 0.15) is 5.56 Å². The molecule has 5 heteroatoms. The molecule has 0 spiro atoms. The van der Waals surface area contributed by atoms with Gasteiger partial charge in [0, 0.05) is 0 Å². The molecule has 0 aromatic heterocycles. The third-order valence-corrected chi connectivity index (χ3v) is 7.67. The lowest BCUT2D eigenvalue weighted by molar-refractivity contribution is 1.57. The quantitative estimate of drug-likeness (QED) is 0.260. The van der Waals surface area contributed by atoms with Gasteiger partial charge in [-0.25, -0.2) is 0 Å². The number of fused-ring (bicyclic) bond motifs is 2. The topological polar surface area (TPSA) is 0 Å². The molecular weight excluding hydrogens is 378 g/mol. The van der Waals surface area contributed by atoms with Crippen LogP contribution >= 0.6 is 0 Å². The van der Waals surface area contributed by atoms with E-state index in [4.69, 9.17) is 0 Å². The molecule has 0 heterocycles. The van der Waals surface area contributed by atoms with Crippen molar-refractivity contribution in [3.63, 3.8) is 0 Å². The van der Waals surface area contributed by atoms with Gasteiger partial charge in [0.05, 0.1) is 0 Å². The zero-order valence-corrected chi connectivity index (χ0v) is 19.9. The first-order chi connectivity index (χ1) is 15.4. The van der Waals surface area contributed by atoms with Crippen molar-refractivity contribution in [3.05, 3.63) is 78.4 Å². The van der Waals surface area contributed by atoms with E-state index in [1.165, 1.54) is 76.7 Å². The largest absolute Gasteiger partial charge is 0.139 e. The van der Waals surface area contributed by atoms with Crippen molar-refractivity contribution in [2.24, 2.45) is 0 Å². The van der Waals surface area contributed by atoms with Crippen LogP contribution in [0.25, 0.3) is 43.8 Å². The number of aryl methyl sites for hydroxylation is 1. The fourth-order valence-electron chi connectivity index (χ4n) is 5.46. The molecule has 0 amide bonds. The van der Waals surface area contributed by atoms with Crippen LogP contribution in [0, 0.1) is 6.92 Å². The lowest BCUT2D eigenvalue weighted by Crippen LogP contribution is -2.55. The molecule has 0 N–H and O–H groups in total. The molecule has 0 aliphatic carbocycles. The summed E-state index contributed by atoms with van der Waals surface area (Å²) in [7, 11) is 11.3. The fraction of sp³-hybridized carbons (Fsp3) is 0.0370. The molecule has 5 aromatic carbocycles. The Labute approximate surface area is 195 Å². The van der Waals surface area contributed by atoms with Gasteiger partial charge < -0.3 is 0 Å². The lowest BCUT2D eigenvalue weighted by atomic mass is 9.59. The van der Waals surface area contributed by atoms with Crippen LogP contribution in [-0.4, -0.2) is 39.2 Å². The average Bonchev–Trinajstić information content (AvgIpc) is 2.83. The van der Waals surface area contributed by atoms with Gasteiger partial charge in [0.25, 0.3) is 0 Å². The van der Waals surface area contributed by atoms with Gasteiger partial charge in [-0.3, -0.25) is 0 Å². The van der Waals surface area contributed by atoms with Crippen molar-refractivity contribution in [2.45, 2.75) is 6.92 Å². The number of benzene rings is 5. The van der Waals surface area contributed by atoms with Gasteiger partial charge >= 0.3 is 0 Å². The van der Waals surface area contributed by atoms with Gasteiger partial charge in [0.2, 0.25) is 0 Å². The molecule has 0 aliphatic rings. The van der Waals surface area contributed by atoms with Crippen molar-refractivity contribution < 1.29 is 0 Å². The minimum atomic E-state index is 1.31. The Morgan fingerprint density at radius 1 is 0.406 bits per heavy atom. The Balaban J connectivity index is 1.97. The van der Waals surface area contributed by atoms with E-state index in [1.807, 2.05) is 0 Å². The maximum Gasteiger partial charge on any atom is 0.139 e. The molecule has 148 valence electrons. The summed E-state index contributed by atoms with van der Waals surface area (Å²) in [6, 6.07) is 26.7. The summed E-state index contributed by atoms with van der Waals surface area (Å²) in [4.78, 5) is 0. The maximum atomic E-state index is 2.31. The normalized spacial score (nSPS) is 11.3. The van der Waals surface area contributed by atoms with Crippen LogP contribution in [0.3, 0.4) is 0 Å². The summed E-state index contributed by atoms with van der Waals surface area (Å²) in [5.41, 5.74) is 13.7. The first-order valence-electron chi connectivity index (χ1n) is 11.5. The molecule has 0 radical (unpaired) electrons. The van der Waals surface area contributed by atoms with Crippen molar-refractivity contribution >= 4 is 88.1 Å². The van der Waals surface area contributed by atoms with Crippen molar-refractivity contribution in [3.8, 4) is 22.3 Å². The molecule has 0 fully saturated rings. The third kappa shape index (κ3) is 2.99. The zero-order chi connectivity index (χ0) is 22.6. The maximum absolute atomic E-state index is 2.31. The molecule has 5 aromatic rings. The highest BCUT2D eigenvalue weighted by Gasteiger charge is 2.19. The van der Waals surface area contributed by atoms with Crippen LogP contribution in [-0.2, 0) is 0 Å². The van der Waals surface area contributed by atoms with Gasteiger partial charge in [0.1, 0.15) is 39.2 Å². The molecule has 32 heavy (non-hydrogen) atoms. The number of hydrogen-bond donors (Lipinski definition) is 0. The monoisotopic (exact) mass is 404 g/mol. The minimum absolute atomic E-state index is 1.31. The van der Waals surface area contributed by atoms with Crippen molar-refractivity contribution in [1.82, 2.24) is 0 Å². The fourth-order valence-corrected chi connectivity index (χ4v) is 5.46. The molecule has 0 atom stereocenters. The van der Waals surface area contributed by atoms with Crippen LogP contribution in [0.5, 0.6) is 0 Å². The van der Waals surface area contributed by atoms with Crippen molar-refractivity contribution in [2.75, 3.05) is 0 Å². The van der Waals surface area contributed by atoms with E-state index in [2.05, 4.69) is 119 Å². The highest BCUT2D eigenvalue weighted by molar-refractivity contribution is 6.68. The van der Waals surface area contributed by atoms with Crippen LogP contribution < -0.4 is 27.3 Å². The molecule has 0 bridgehead atoms. The highest BCUT2D eigenvalue weighted by atomic mass is 14.2. The zero-order valence-electron chi connectivity index (χ0n) is 19.9. The predicted octanol–water partition coefficient (Wildman–Crippen LogP) is -1.07. The second kappa shape index (κ2) is 7.82. The minimum Gasteiger partial charge on any atom is -0.102 e. The molecule has 0 saturated heterocycles. The molecule has 0 aliphatic heterocycles. The van der Waals surface area contributed by atoms with E-state index in [9.17, 15) is 0 Å². The second-order valence-electron chi connectivity index (χ2n) is 9.14. The Hall–Kier alpha value is -3.06. The Kier molecular flexibility index (Phi) is 5.09. The number of hydrogen-bond acceptors (Lipinski definition) is 0. The third-order valence-electron chi connectivity index (χ3n) is 7.67. The van der Waals surface area contributed by atoms with Gasteiger partial charge in [-0.2, -0.15) is 0 Å². The summed E-state index contributed by atoms with van der Waals surface area (Å²) in [5, 5.41) is 5.32. The highest BCUT2D eigenvalue weighted by Crippen LogP contribution is 2.41. The van der Waals surface area contributed by atoms with Gasteiger partial charge in [0.15, 0.2) is 0 Å². The molecule has 5 rings (SSSR count). The van der Waals surface area contributed by atoms with Gasteiger partial charge in [-0.05, 0) is 56.3 Å². The molecular formula is C27H25B5. The van der Waals surface area contributed by atoms with Crippen LogP contribution in [0.2, 0.25) is 0 Å². The van der Waals surface area contributed by atoms with Crippen LogP contribution in [0.15, 0.2) is 72.8 Å². The molecule has 0 nitrogen and oxygen atoms in total. The van der Waals surface area contributed by atoms with E-state index in [-0.39, 0.29) is 0 Å². The summed E-state index contributed by atoms with van der Waals surface area (Å²) in [6.45, 7) is 2.25. The first kappa shape index (κ1) is 20.8. The Morgan fingerprint density at radius 3 is 1.22 bits per heavy atom. The lowest BCUT2D eigenvalue weighted by Gasteiger charge is -2.23. The average molecular weight is 404 g/mol. The summed E-state index contributed by atoms with van der Waals surface area (Å²) < 4.78 is 0. The van der Waals surface area contributed by atoms with E-state index >= 15 is 0 Å². The van der Waals surface area contributed by atoms with Gasteiger partial charge in [-0.15, -0.1) is 16.4 Å². The van der Waals surface area contributed by atoms with E-state index in [1.54, 1.807) is 0 Å². The smallest absolute Gasteiger partial charge is 0.102 e. The van der Waals surface area contributed by atoms with Gasteiger partial charge in [-0.1, -0.05) is 83.7 Å². The Bertz CT molecular complexity index is 1450. The molecule has 0 unspecified atom stereocenters. The first-order valence-corrected chi connectivity index (χ1v) is 11.5. The second-order valence-corrected chi connectivity index (χ2v) is 9.14. The predicted molar refractivity (Wildman–Crippen MR) is 158 cm³/mol. The summed E-state index contributed by atoms with van der Waals surface area (Å²) >= 11 is 0. The summed E-state index contributed by atoms with van der Waals surface area (Å²) in [5.74, 6) is 0. The van der Waals surface area contributed by atoms with Crippen LogP contribution in [0.4, 0.5) is 0 Å². The molecule has 0 saturated carbocycles. The van der Waals surface area contributed by atoms with E-state index in [0.29, 0.717) is 0 Å². The summed E-state index contributed by atoms with van der Waals surface area (Å²) in [6.07, 6.45) is 0. The number of rotatable bonds is 2. The van der Waals surface area contributed by atoms with E-state index in [0.717, 1.165) is 0 Å². The Morgan fingerprint density at radius 2 is 0.750 bits per heavy atom.